The number of nitro groups is 1. The molecule has 114 valence electrons. The SMILES string of the molecule is O=C(Nc1cccc([N+](=O)[O-])c1)[C@@H]1[C@H](C(=O)O)[C@H]2C=C[C@H]1O2. The van der Waals surface area contributed by atoms with Crippen molar-refractivity contribution in [1.29, 1.82) is 0 Å². The van der Waals surface area contributed by atoms with Gasteiger partial charge in [0.05, 0.1) is 23.0 Å². The summed E-state index contributed by atoms with van der Waals surface area (Å²) in [6.07, 6.45) is 2.12. The number of fused-ring (bicyclic) bond motifs is 2. The lowest BCUT2D eigenvalue weighted by atomic mass is 9.82. The topological polar surface area (TPSA) is 119 Å². The molecule has 0 aromatic heterocycles. The third kappa shape index (κ3) is 2.33. The monoisotopic (exact) mass is 304 g/mol. The zero-order valence-electron chi connectivity index (χ0n) is 11.2. The molecule has 2 bridgehead atoms. The standard InChI is InChI=1S/C14H12N2O6/c17-13(15-7-2-1-3-8(6-7)16(20)21)11-9-4-5-10(22-9)12(11)14(18)19/h1-6,9-12H,(H,15,17)(H,18,19)/t9-,10-,11+,12-/m1/s1. The molecule has 2 N–H and O–H groups in total. The van der Waals surface area contributed by atoms with Crippen molar-refractivity contribution in [3.8, 4) is 0 Å². The van der Waals surface area contributed by atoms with Crippen molar-refractivity contribution in [2.24, 2.45) is 11.8 Å². The summed E-state index contributed by atoms with van der Waals surface area (Å²) in [5.74, 6) is -3.43. The molecule has 1 saturated heterocycles. The first-order chi connectivity index (χ1) is 10.5. The molecule has 1 fully saturated rings. The van der Waals surface area contributed by atoms with Crippen LogP contribution in [0.5, 0.6) is 0 Å². The number of benzene rings is 1. The maximum atomic E-state index is 12.3. The Morgan fingerprint density at radius 2 is 1.91 bits per heavy atom. The van der Waals surface area contributed by atoms with Crippen LogP contribution in [-0.2, 0) is 14.3 Å². The van der Waals surface area contributed by atoms with Gasteiger partial charge >= 0.3 is 5.97 Å². The summed E-state index contributed by atoms with van der Waals surface area (Å²) >= 11 is 0. The molecule has 0 aliphatic carbocycles. The zero-order chi connectivity index (χ0) is 15.9. The molecule has 4 atom stereocenters. The molecule has 1 amide bonds. The van der Waals surface area contributed by atoms with Gasteiger partial charge in [-0.15, -0.1) is 0 Å². The van der Waals surface area contributed by atoms with Gasteiger partial charge in [0.2, 0.25) is 5.91 Å². The molecule has 2 aliphatic rings. The van der Waals surface area contributed by atoms with E-state index in [4.69, 9.17) is 4.74 Å². The second-order valence-electron chi connectivity index (χ2n) is 5.14. The highest BCUT2D eigenvalue weighted by Gasteiger charge is 2.53. The minimum atomic E-state index is -1.10. The van der Waals surface area contributed by atoms with E-state index in [1.807, 2.05) is 0 Å². The summed E-state index contributed by atoms with van der Waals surface area (Å²) in [5, 5.41) is 22.5. The Balaban J connectivity index is 1.80. The van der Waals surface area contributed by atoms with Crippen LogP contribution >= 0.6 is 0 Å². The molecular formula is C14H12N2O6. The lowest BCUT2D eigenvalue weighted by molar-refractivity contribution is -0.384. The van der Waals surface area contributed by atoms with E-state index >= 15 is 0 Å². The first kappa shape index (κ1) is 14.2. The summed E-state index contributed by atoms with van der Waals surface area (Å²) in [7, 11) is 0. The quantitative estimate of drug-likeness (QED) is 0.490. The molecule has 2 heterocycles. The summed E-state index contributed by atoms with van der Waals surface area (Å²) in [6, 6.07) is 5.47. The summed E-state index contributed by atoms with van der Waals surface area (Å²) in [6.45, 7) is 0. The van der Waals surface area contributed by atoms with E-state index in [0.29, 0.717) is 0 Å². The number of carbonyl (C=O) groups excluding carboxylic acids is 1. The van der Waals surface area contributed by atoms with Crippen LogP contribution < -0.4 is 5.32 Å². The fraction of sp³-hybridized carbons (Fsp3) is 0.286. The van der Waals surface area contributed by atoms with Gasteiger partial charge in [-0.3, -0.25) is 19.7 Å². The third-order valence-corrected chi connectivity index (χ3v) is 3.81. The van der Waals surface area contributed by atoms with Gasteiger partial charge in [-0.25, -0.2) is 0 Å². The Bertz CT molecular complexity index is 686. The van der Waals surface area contributed by atoms with Crippen LogP contribution in [-0.4, -0.2) is 34.1 Å². The number of nitrogens with one attached hydrogen (secondary N) is 1. The van der Waals surface area contributed by atoms with Gasteiger partial charge < -0.3 is 15.2 Å². The molecule has 22 heavy (non-hydrogen) atoms. The minimum absolute atomic E-state index is 0.156. The number of aliphatic carboxylic acids is 1. The lowest BCUT2D eigenvalue weighted by Gasteiger charge is -2.20. The molecule has 3 rings (SSSR count). The van der Waals surface area contributed by atoms with Gasteiger partial charge in [-0.05, 0) is 6.07 Å². The van der Waals surface area contributed by atoms with Crippen molar-refractivity contribution >= 4 is 23.3 Å². The van der Waals surface area contributed by atoms with Crippen LogP contribution in [0, 0.1) is 22.0 Å². The fourth-order valence-corrected chi connectivity index (χ4v) is 2.84. The number of ether oxygens (including phenoxy) is 1. The average Bonchev–Trinajstić information content (AvgIpc) is 3.07. The normalized spacial score (nSPS) is 28.5. The van der Waals surface area contributed by atoms with Crippen LogP contribution in [0.15, 0.2) is 36.4 Å². The Kier molecular flexibility index (Phi) is 3.38. The Hall–Kier alpha value is -2.74. The molecular weight excluding hydrogens is 292 g/mol. The fourth-order valence-electron chi connectivity index (χ4n) is 2.84. The predicted octanol–water partition coefficient (Wildman–Crippen LogP) is 1.19. The Morgan fingerprint density at radius 1 is 1.23 bits per heavy atom. The highest BCUT2D eigenvalue weighted by molar-refractivity contribution is 5.96. The Labute approximate surface area is 124 Å². The van der Waals surface area contributed by atoms with Gasteiger partial charge in [0, 0.05) is 17.8 Å². The van der Waals surface area contributed by atoms with Gasteiger partial charge in [-0.1, -0.05) is 18.2 Å². The van der Waals surface area contributed by atoms with Crippen molar-refractivity contribution in [2.45, 2.75) is 12.2 Å². The number of nitro benzene ring substituents is 1. The third-order valence-electron chi connectivity index (χ3n) is 3.81. The number of hydrogen-bond donors (Lipinski definition) is 2. The minimum Gasteiger partial charge on any atom is -0.481 e. The van der Waals surface area contributed by atoms with Crippen LogP contribution in [0.3, 0.4) is 0 Å². The van der Waals surface area contributed by atoms with Crippen LogP contribution in [0.2, 0.25) is 0 Å². The molecule has 2 aliphatic heterocycles. The van der Waals surface area contributed by atoms with E-state index < -0.39 is 40.8 Å². The number of amides is 1. The van der Waals surface area contributed by atoms with E-state index in [1.54, 1.807) is 12.2 Å². The van der Waals surface area contributed by atoms with E-state index in [2.05, 4.69) is 5.32 Å². The highest BCUT2D eigenvalue weighted by atomic mass is 16.6. The molecule has 0 saturated carbocycles. The highest BCUT2D eigenvalue weighted by Crippen LogP contribution is 2.39. The number of anilines is 1. The molecule has 8 nitrogen and oxygen atoms in total. The van der Waals surface area contributed by atoms with E-state index in [0.717, 1.165) is 0 Å². The van der Waals surface area contributed by atoms with E-state index in [9.17, 15) is 24.8 Å². The number of hydrogen-bond acceptors (Lipinski definition) is 5. The number of rotatable bonds is 4. The van der Waals surface area contributed by atoms with Crippen molar-refractivity contribution in [2.75, 3.05) is 5.32 Å². The number of carboxylic acids is 1. The smallest absolute Gasteiger partial charge is 0.310 e. The first-order valence-corrected chi connectivity index (χ1v) is 6.59. The summed E-state index contributed by atoms with van der Waals surface area (Å²) in [4.78, 5) is 33.8. The van der Waals surface area contributed by atoms with Crippen molar-refractivity contribution < 1.29 is 24.4 Å². The predicted molar refractivity (Wildman–Crippen MR) is 74.1 cm³/mol. The van der Waals surface area contributed by atoms with Gasteiger partial charge in [0.1, 0.15) is 5.92 Å². The van der Waals surface area contributed by atoms with E-state index in [1.165, 1.54) is 24.3 Å². The average molecular weight is 304 g/mol. The molecule has 8 heteroatoms. The van der Waals surface area contributed by atoms with Crippen LogP contribution in [0.4, 0.5) is 11.4 Å². The zero-order valence-corrected chi connectivity index (χ0v) is 11.2. The Morgan fingerprint density at radius 3 is 2.55 bits per heavy atom. The molecule has 0 radical (unpaired) electrons. The number of nitrogens with zero attached hydrogens (tertiary/aromatic N) is 1. The van der Waals surface area contributed by atoms with Crippen molar-refractivity contribution in [1.82, 2.24) is 0 Å². The van der Waals surface area contributed by atoms with Crippen LogP contribution in [0.1, 0.15) is 0 Å². The number of carboxylic acid groups (broad SMARTS) is 1. The van der Waals surface area contributed by atoms with Gasteiger partial charge in [0.15, 0.2) is 0 Å². The van der Waals surface area contributed by atoms with Gasteiger partial charge in [-0.2, -0.15) is 0 Å². The number of non-ortho nitro benzene ring substituents is 1. The van der Waals surface area contributed by atoms with Crippen LogP contribution in [0.25, 0.3) is 0 Å². The summed E-state index contributed by atoms with van der Waals surface area (Å²) in [5.41, 5.74) is 0.0896. The van der Waals surface area contributed by atoms with Gasteiger partial charge in [0.25, 0.3) is 5.69 Å². The first-order valence-electron chi connectivity index (χ1n) is 6.59. The maximum Gasteiger partial charge on any atom is 0.310 e. The lowest BCUT2D eigenvalue weighted by Crippen LogP contribution is -2.39. The second kappa shape index (κ2) is 5.23. The maximum absolute atomic E-state index is 12.3. The second-order valence-corrected chi connectivity index (χ2v) is 5.14. The van der Waals surface area contributed by atoms with E-state index in [-0.39, 0.29) is 11.4 Å². The molecule has 0 unspecified atom stereocenters. The van der Waals surface area contributed by atoms with Crippen molar-refractivity contribution in [3.05, 3.63) is 46.5 Å². The molecule has 0 spiro atoms. The molecule has 1 aromatic rings. The number of carbonyl (C=O) groups is 2. The molecule has 1 aromatic carbocycles. The van der Waals surface area contributed by atoms with Crippen molar-refractivity contribution in [3.63, 3.8) is 0 Å². The summed E-state index contributed by atoms with van der Waals surface area (Å²) < 4.78 is 5.42. The largest absolute Gasteiger partial charge is 0.481 e.